The number of piperidine rings is 1. The van der Waals surface area contributed by atoms with Gasteiger partial charge in [-0.25, -0.2) is 19.0 Å². The molecule has 1 spiro atoms. The first-order valence-electron chi connectivity index (χ1n) is 24.9. The number of aliphatic hydroxyl groups is 1. The smallest absolute Gasteiger partial charge is 0.406 e. The first-order chi connectivity index (χ1) is 35.0. The van der Waals surface area contributed by atoms with Crippen LogP contribution < -0.4 is 10.7 Å². The molecule has 22 heteroatoms. The molecule has 3 saturated heterocycles. The second-order valence-corrected chi connectivity index (χ2v) is 22.2. The van der Waals surface area contributed by atoms with Gasteiger partial charge in [0.15, 0.2) is 0 Å². The number of rotatable bonds is 10. The number of pyridine rings is 1. The van der Waals surface area contributed by atoms with Gasteiger partial charge in [0.2, 0.25) is 17.5 Å². The van der Waals surface area contributed by atoms with Crippen LogP contribution in [0.25, 0.3) is 33.4 Å². The molecule has 6 bridgehead atoms. The first-order valence-corrected chi connectivity index (χ1v) is 25.8. The minimum Gasteiger partial charge on any atom is -0.462 e. The summed E-state index contributed by atoms with van der Waals surface area (Å²) in [4.78, 5) is 84.0. The molecule has 3 aromatic heterocycles. The molecule has 3 N–H and O–H groups in total. The third kappa shape index (κ3) is 11.3. The summed E-state index contributed by atoms with van der Waals surface area (Å²) in [6.45, 7) is 8.46. The maximum atomic E-state index is 14.7. The normalized spacial score (nSPS) is 22.1. The topological polar surface area (TPSA) is 192 Å². The summed E-state index contributed by atoms with van der Waals surface area (Å²) in [6.07, 6.45) is 0.000658. The van der Waals surface area contributed by atoms with Crippen molar-refractivity contribution >= 4 is 52.0 Å². The number of nitrogens with one attached hydrogen (secondary N) is 2. The van der Waals surface area contributed by atoms with Gasteiger partial charge in [0.1, 0.15) is 25.3 Å². The fourth-order valence-corrected chi connectivity index (χ4v) is 11.7. The molecule has 8 rings (SSSR count). The number of benzene rings is 1. The Hall–Kier alpha value is -5.97. The van der Waals surface area contributed by atoms with E-state index in [0.717, 1.165) is 5.01 Å². The lowest BCUT2D eigenvalue weighted by Gasteiger charge is -2.54. The maximum Gasteiger partial charge on any atom is 0.406 e. The highest BCUT2D eigenvalue weighted by atomic mass is 32.1. The number of carbonyl (C=O) groups is 5. The molecule has 7 heterocycles. The van der Waals surface area contributed by atoms with Crippen molar-refractivity contribution < 1.29 is 56.1 Å². The molecule has 4 atom stereocenters. The number of esters is 1. The zero-order valence-electron chi connectivity index (χ0n) is 42.8. The fraction of sp³-hybridized carbons (Fsp3) is 0.558. The van der Waals surface area contributed by atoms with E-state index in [0.29, 0.717) is 77.5 Å². The van der Waals surface area contributed by atoms with Crippen LogP contribution in [0.3, 0.4) is 0 Å². The van der Waals surface area contributed by atoms with E-state index in [-0.39, 0.29) is 67.4 Å². The van der Waals surface area contributed by atoms with E-state index in [1.165, 1.54) is 47.1 Å². The van der Waals surface area contributed by atoms with Crippen LogP contribution in [0.4, 0.5) is 22.4 Å². The van der Waals surface area contributed by atoms with Crippen molar-refractivity contribution in [3.05, 3.63) is 70.3 Å². The lowest BCUT2D eigenvalue weighted by Crippen LogP contribution is -2.67. The predicted octanol–water partition coefficient (Wildman–Crippen LogP) is 6.59. The molecule has 0 aliphatic carbocycles. The van der Waals surface area contributed by atoms with Gasteiger partial charge in [0, 0.05) is 110 Å². The van der Waals surface area contributed by atoms with Crippen molar-refractivity contribution in [2.45, 2.75) is 110 Å². The van der Waals surface area contributed by atoms with Gasteiger partial charge in [-0.1, -0.05) is 33.8 Å². The Bertz CT molecular complexity index is 2800. The highest BCUT2D eigenvalue weighted by molar-refractivity contribution is 7.10. The average molecular weight is 1050 g/mol. The lowest BCUT2D eigenvalue weighted by molar-refractivity contribution is -0.189. The Labute approximate surface area is 431 Å². The van der Waals surface area contributed by atoms with E-state index in [4.69, 9.17) is 14.5 Å². The minimum atomic E-state index is -4.63. The number of hydrogen-bond acceptors (Lipinski definition) is 12. The molecular weight excluding hydrogens is 987 g/mol. The number of fused-ring (bicyclic) bond motifs is 6. The van der Waals surface area contributed by atoms with Crippen LogP contribution in [0, 0.1) is 16.7 Å². The third-order valence-electron chi connectivity index (χ3n) is 14.7. The third-order valence-corrected chi connectivity index (χ3v) is 15.6. The zero-order valence-corrected chi connectivity index (χ0v) is 43.6. The van der Waals surface area contributed by atoms with Crippen LogP contribution in [-0.2, 0) is 48.0 Å². The molecule has 4 aromatic rings. The van der Waals surface area contributed by atoms with Crippen molar-refractivity contribution in [2.24, 2.45) is 16.7 Å². The van der Waals surface area contributed by atoms with E-state index < -0.39 is 72.4 Å². The summed E-state index contributed by atoms with van der Waals surface area (Å²) in [7, 11) is 3.03. The number of nitrogens with zero attached hydrogens (tertiary/aromatic N) is 7. The van der Waals surface area contributed by atoms with E-state index in [9.17, 15) is 46.6 Å². The van der Waals surface area contributed by atoms with E-state index in [1.807, 2.05) is 0 Å². The number of hydrazine groups is 1. The minimum absolute atomic E-state index is 0.0522. The molecular formula is C52H65F4N9O8S. The number of cyclic esters (lactones) is 1. The number of amides is 5. The number of halogens is 4. The molecule has 4 aliphatic rings. The van der Waals surface area contributed by atoms with E-state index in [2.05, 4.69) is 15.7 Å². The number of alkyl halides is 4. The van der Waals surface area contributed by atoms with Crippen LogP contribution in [0.2, 0.25) is 0 Å². The Morgan fingerprint density at radius 1 is 1.08 bits per heavy atom. The van der Waals surface area contributed by atoms with Crippen LogP contribution in [0.5, 0.6) is 0 Å². The van der Waals surface area contributed by atoms with Crippen molar-refractivity contribution in [3.63, 3.8) is 0 Å². The van der Waals surface area contributed by atoms with Crippen molar-refractivity contribution in [3.8, 4) is 22.5 Å². The van der Waals surface area contributed by atoms with Gasteiger partial charge in [-0.05, 0) is 74.4 Å². The Morgan fingerprint density at radius 2 is 1.81 bits per heavy atom. The largest absolute Gasteiger partial charge is 0.462 e. The predicted molar refractivity (Wildman–Crippen MR) is 268 cm³/mol. The van der Waals surface area contributed by atoms with Gasteiger partial charge >= 0.3 is 18.2 Å². The Kier molecular flexibility index (Phi) is 15.7. The van der Waals surface area contributed by atoms with Crippen LogP contribution in [0.1, 0.15) is 82.7 Å². The van der Waals surface area contributed by atoms with Gasteiger partial charge < -0.3 is 39.2 Å². The maximum absolute atomic E-state index is 14.7. The quantitative estimate of drug-likeness (QED) is 0.0882. The van der Waals surface area contributed by atoms with Crippen LogP contribution in [0.15, 0.2) is 54.1 Å². The van der Waals surface area contributed by atoms with Crippen molar-refractivity contribution in [1.82, 2.24) is 45.0 Å². The molecule has 4 aliphatic heterocycles. The number of allylic oxidation sites excluding steroid dienone is 1. The number of likely N-dealkylation sites (tertiary alicyclic amines) is 2. The summed E-state index contributed by atoms with van der Waals surface area (Å²) >= 11 is 1.21. The molecule has 0 saturated carbocycles. The number of hydrogen-bond donors (Lipinski definition) is 3. The highest BCUT2D eigenvalue weighted by Crippen LogP contribution is 2.44. The molecule has 400 valence electrons. The SMILES string of the molecule is CO[C@@H](C)c1ncccc1-c1c2c3cc(ccc3n1CC(F)(F)F)-c1csc(n1)C[C@H](NC(=O)[C@H](C(C)C)N(C)C(=O)N1CCC3(CC1)CN(C(=O)/C=C/CF)C3)C(=O)N1CCC[C@@](O)(N1)C(=O)OCC(C)(C)C2. The number of likely N-dealkylation sites (N-methyl/N-ethyl adjacent to an activating group) is 1. The van der Waals surface area contributed by atoms with Gasteiger partial charge in [0.25, 0.3) is 5.91 Å². The summed E-state index contributed by atoms with van der Waals surface area (Å²) < 4.78 is 69.4. The van der Waals surface area contributed by atoms with Crippen molar-refractivity contribution in [1.29, 1.82) is 0 Å². The Balaban J connectivity index is 1.13. The number of methoxy groups -OCH3 is 1. The first kappa shape index (κ1) is 54.3. The monoisotopic (exact) mass is 1050 g/mol. The van der Waals surface area contributed by atoms with E-state index in [1.54, 1.807) is 86.3 Å². The summed E-state index contributed by atoms with van der Waals surface area (Å²) in [5.74, 6) is -3.06. The molecule has 5 amide bonds. The lowest BCUT2D eigenvalue weighted by atomic mass is 9.72. The van der Waals surface area contributed by atoms with Gasteiger partial charge in [-0.2, -0.15) is 18.6 Å². The molecule has 0 unspecified atom stereocenters. The van der Waals surface area contributed by atoms with E-state index >= 15 is 0 Å². The van der Waals surface area contributed by atoms with Crippen LogP contribution >= 0.6 is 11.3 Å². The molecule has 74 heavy (non-hydrogen) atoms. The number of aromatic nitrogens is 3. The second kappa shape index (κ2) is 21.3. The van der Waals surface area contributed by atoms with Gasteiger partial charge in [-0.15, -0.1) is 11.3 Å². The Morgan fingerprint density at radius 3 is 2.49 bits per heavy atom. The zero-order chi connectivity index (χ0) is 53.5. The average Bonchev–Trinajstić information content (AvgIpc) is 3.93. The molecule has 3 fully saturated rings. The number of thiazole rings is 1. The number of urea groups is 1. The van der Waals surface area contributed by atoms with Gasteiger partial charge in [0.05, 0.1) is 34.8 Å². The van der Waals surface area contributed by atoms with Gasteiger partial charge in [-0.3, -0.25) is 24.4 Å². The summed E-state index contributed by atoms with van der Waals surface area (Å²) in [5, 5.41) is 18.5. The van der Waals surface area contributed by atoms with Crippen molar-refractivity contribution in [2.75, 3.05) is 60.2 Å². The second-order valence-electron chi connectivity index (χ2n) is 21.3. The highest BCUT2D eigenvalue weighted by Gasteiger charge is 2.49. The summed E-state index contributed by atoms with van der Waals surface area (Å²) in [6, 6.07) is 5.70. The number of carbonyl (C=O) groups excluding carboxylic acids is 5. The standard InChI is InChI=1S/C52H65F4N9O8S/c1-31(2)43(61(6)48(70)62-21-16-50(17-22-62)27-63(28-50)41(66)12-8-18-53)45(67)59-37-24-40-58-38(26-74-40)33-13-14-39-35(23-33)36(25-49(4,5)30-73-47(69)51(71)15-10-20-65(60-51)46(37)68)44(64(39)29-52(54,55)56)34-11-9-19-57-42(34)32(3)72-7/h8-9,11-14,19,23,26,31-32,37,43,60,71H,10,15-18,20-22,24-25,27-30H2,1-7H3,(H,59,67)/b12-8+/t32-,37-,43-,51-/m0/s1. The fourth-order valence-electron chi connectivity index (χ4n) is 10.8. The molecule has 1 aromatic carbocycles. The van der Waals surface area contributed by atoms with Crippen LogP contribution in [-0.4, -0.2) is 153 Å². The molecule has 0 radical (unpaired) electrons. The summed E-state index contributed by atoms with van der Waals surface area (Å²) in [5.41, 5.74) is 2.21. The molecule has 17 nitrogen and oxygen atoms in total. The number of ether oxygens (including phenoxy) is 2.